The Balaban J connectivity index is 2.43. The lowest BCUT2D eigenvalue weighted by atomic mass is 10.0. The van der Waals surface area contributed by atoms with E-state index in [1.807, 2.05) is 24.6 Å². The van der Waals surface area contributed by atoms with E-state index in [2.05, 4.69) is 12.0 Å². The Bertz CT molecular complexity index is 705. The molecule has 1 aromatic heterocycles. The smallest absolute Gasteiger partial charge is 0.389 e. The van der Waals surface area contributed by atoms with Crippen molar-refractivity contribution in [3.05, 3.63) is 35.0 Å². The normalized spacial score (nSPS) is 11.8. The fraction of sp³-hybridized carbons (Fsp3) is 0.500. The van der Waals surface area contributed by atoms with Crippen LogP contribution < -0.4 is 4.74 Å². The molecule has 1 heterocycles. The maximum absolute atomic E-state index is 12.4. The Kier molecular flexibility index (Phi) is 5.57. The summed E-state index contributed by atoms with van der Waals surface area (Å²) in [6.07, 6.45) is -4.20. The lowest BCUT2D eigenvalue weighted by Crippen LogP contribution is -2.08. The Labute approximate surface area is 140 Å². The van der Waals surface area contributed by atoms with Crippen LogP contribution in [0.5, 0.6) is 5.75 Å². The molecule has 2 rings (SSSR count). The standard InChI is InChI=1S/C18H23F3N2O/c1-5-15-12(3)17(23(6-2)22-15)14-8-7-13(11-16(14)24-4)9-10-18(19,20)21/h7-8,11H,5-6,9-10H2,1-4H3. The van der Waals surface area contributed by atoms with Crippen molar-refractivity contribution < 1.29 is 17.9 Å². The molecule has 0 bridgehead atoms. The molecule has 0 fully saturated rings. The van der Waals surface area contributed by atoms with Gasteiger partial charge >= 0.3 is 6.18 Å². The Morgan fingerprint density at radius 3 is 2.46 bits per heavy atom. The number of nitrogens with zero attached hydrogens (tertiary/aromatic N) is 2. The first kappa shape index (κ1) is 18.4. The lowest BCUT2D eigenvalue weighted by Gasteiger charge is -2.13. The molecular weight excluding hydrogens is 317 g/mol. The first-order valence-electron chi connectivity index (χ1n) is 8.11. The quantitative estimate of drug-likeness (QED) is 0.744. The molecule has 0 amide bonds. The molecule has 0 unspecified atom stereocenters. The van der Waals surface area contributed by atoms with Gasteiger partial charge in [0.05, 0.1) is 18.5 Å². The highest BCUT2D eigenvalue weighted by molar-refractivity contribution is 5.71. The Morgan fingerprint density at radius 1 is 1.21 bits per heavy atom. The monoisotopic (exact) mass is 340 g/mol. The van der Waals surface area contributed by atoms with Crippen LogP contribution in [0.1, 0.15) is 37.1 Å². The molecule has 0 aliphatic rings. The van der Waals surface area contributed by atoms with Crippen molar-refractivity contribution in [1.82, 2.24) is 9.78 Å². The van der Waals surface area contributed by atoms with Crippen LogP contribution in [0.3, 0.4) is 0 Å². The fourth-order valence-corrected chi connectivity index (χ4v) is 2.88. The predicted octanol–water partition coefficient (Wildman–Crippen LogP) is 4.94. The van der Waals surface area contributed by atoms with Crippen LogP contribution in [-0.2, 0) is 19.4 Å². The van der Waals surface area contributed by atoms with Crippen LogP contribution in [0.15, 0.2) is 18.2 Å². The van der Waals surface area contributed by atoms with Gasteiger partial charge in [0, 0.05) is 18.5 Å². The second-order valence-electron chi connectivity index (χ2n) is 5.74. The van der Waals surface area contributed by atoms with Gasteiger partial charge in [0.1, 0.15) is 5.75 Å². The van der Waals surface area contributed by atoms with E-state index in [1.54, 1.807) is 12.1 Å². The number of methoxy groups -OCH3 is 1. The van der Waals surface area contributed by atoms with Gasteiger partial charge in [0.25, 0.3) is 0 Å². The molecule has 6 heteroatoms. The highest BCUT2D eigenvalue weighted by atomic mass is 19.4. The van der Waals surface area contributed by atoms with Crippen LogP contribution in [0.4, 0.5) is 13.2 Å². The summed E-state index contributed by atoms with van der Waals surface area (Å²) in [6.45, 7) is 6.80. The van der Waals surface area contributed by atoms with Crippen LogP contribution in [0.25, 0.3) is 11.3 Å². The maximum Gasteiger partial charge on any atom is 0.389 e. The minimum Gasteiger partial charge on any atom is -0.496 e. The topological polar surface area (TPSA) is 27.1 Å². The largest absolute Gasteiger partial charge is 0.496 e. The van der Waals surface area contributed by atoms with Crippen molar-refractivity contribution in [2.75, 3.05) is 7.11 Å². The first-order chi connectivity index (χ1) is 11.3. The Morgan fingerprint density at radius 2 is 1.92 bits per heavy atom. The van der Waals surface area contributed by atoms with Crippen LogP contribution in [0, 0.1) is 6.92 Å². The SMILES string of the molecule is CCc1nn(CC)c(-c2ccc(CCC(F)(F)F)cc2OC)c1C. The first-order valence-corrected chi connectivity index (χ1v) is 8.11. The van der Waals surface area contributed by atoms with Gasteiger partial charge in [-0.3, -0.25) is 4.68 Å². The van der Waals surface area contributed by atoms with Crippen molar-refractivity contribution >= 4 is 0 Å². The van der Waals surface area contributed by atoms with E-state index in [4.69, 9.17) is 4.74 Å². The molecule has 132 valence electrons. The highest BCUT2D eigenvalue weighted by Crippen LogP contribution is 2.35. The van der Waals surface area contributed by atoms with E-state index in [0.717, 1.165) is 35.5 Å². The third-order valence-corrected chi connectivity index (χ3v) is 4.14. The minimum atomic E-state index is -4.15. The van der Waals surface area contributed by atoms with Crippen molar-refractivity contribution in [2.24, 2.45) is 0 Å². The van der Waals surface area contributed by atoms with E-state index in [1.165, 1.54) is 7.11 Å². The zero-order valence-corrected chi connectivity index (χ0v) is 14.5. The second-order valence-corrected chi connectivity index (χ2v) is 5.74. The average molecular weight is 340 g/mol. The summed E-state index contributed by atoms with van der Waals surface area (Å²) in [4.78, 5) is 0. The van der Waals surface area contributed by atoms with Crippen LogP contribution in [0.2, 0.25) is 0 Å². The molecule has 0 aliphatic carbocycles. The minimum absolute atomic E-state index is 0.0492. The van der Waals surface area contributed by atoms with Gasteiger partial charge in [-0.2, -0.15) is 18.3 Å². The molecule has 1 aromatic carbocycles. The molecule has 0 saturated heterocycles. The van der Waals surface area contributed by atoms with Crippen molar-refractivity contribution in [2.45, 2.75) is 52.8 Å². The average Bonchev–Trinajstić information content (AvgIpc) is 2.87. The highest BCUT2D eigenvalue weighted by Gasteiger charge is 2.26. The number of hydrogen-bond donors (Lipinski definition) is 0. The van der Waals surface area contributed by atoms with Gasteiger partial charge in [-0.15, -0.1) is 0 Å². The predicted molar refractivity (Wildman–Crippen MR) is 88.4 cm³/mol. The molecule has 3 nitrogen and oxygen atoms in total. The number of alkyl halides is 3. The summed E-state index contributed by atoms with van der Waals surface area (Å²) in [5.74, 6) is 0.579. The van der Waals surface area contributed by atoms with Gasteiger partial charge < -0.3 is 4.74 Å². The van der Waals surface area contributed by atoms with E-state index >= 15 is 0 Å². The van der Waals surface area contributed by atoms with Gasteiger partial charge in [0.2, 0.25) is 0 Å². The summed E-state index contributed by atoms with van der Waals surface area (Å²) in [5.41, 5.74) is 4.55. The van der Waals surface area contributed by atoms with Gasteiger partial charge in [0.15, 0.2) is 0 Å². The van der Waals surface area contributed by atoms with E-state index in [-0.39, 0.29) is 6.42 Å². The summed E-state index contributed by atoms with van der Waals surface area (Å²) in [5, 5.41) is 4.60. The number of benzene rings is 1. The number of ether oxygens (including phenoxy) is 1. The van der Waals surface area contributed by atoms with Gasteiger partial charge in [-0.25, -0.2) is 0 Å². The van der Waals surface area contributed by atoms with Crippen molar-refractivity contribution in [1.29, 1.82) is 0 Å². The zero-order valence-electron chi connectivity index (χ0n) is 14.5. The molecule has 0 aliphatic heterocycles. The number of rotatable bonds is 6. The molecule has 0 N–H and O–H groups in total. The molecule has 0 saturated carbocycles. The second kappa shape index (κ2) is 7.28. The number of hydrogen-bond acceptors (Lipinski definition) is 2. The van der Waals surface area contributed by atoms with Crippen LogP contribution >= 0.6 is 0 Å². The number of aromatic nitrogens is 2. The number of halogens is 3. The van der Waals surface area contributed by atoms with Gasteiger partial charge in [-0.05, 0) is 49.9 Å². The van der Waals surface area contributed by atoms with Crippen LogP contribution in [-0.4, -0.2) is 23.1 Å². The van der Waals surface area contributed by atoms with Crippen molar-refractivity contribution in [3.63, 3.8) is 0 Å². The summed E-state index contributed by atoms with van der Waals surface area (Å²) >= 11 is 0. The summed E-state index contributed by atoms with van der Waals surface area (Å²) in [7, 11) is 1.54. The van der Waals surface area contributed by atoms with E-state index < -0.39 is 12.6 Å². The zero-order chi connectivity index (χ0) is 17.9. The molecular formula is C18H23F3N2O. The van der Waals surface area contributed by atoms with Gasteiger partial charge in [-0.1, -0.05) is 13.0 Å². The van der Waals surface area contributed by atoms with E-state index in [9.17, 15) is 13.2 Å². The molecule has 0 spiro atoms. The molecule has 0 atom stereocenters. The molecule has 0 radical (unpaired) electrons. The Hall–Kier alpha value is -1.98. The maximum atomic E-state index is 12.4. The fourth-order valence-electron chi connectivity index (χ4n) is 2.88. The lowest BCUT2D eigenvalue weighted by molar-refractivity contribution is -0.134. The third kappa shape index (κ3) is 3.91. The third-order valence-electron chi connectivity index (χ3n) is 4.14. The summed E-state index contributed by atoms with van der Waals surface area (Å²) in [6, 6.07) is 5.26. The van der Waals surface area contributed by atoms with Crippen molar-refractivity contribution in [3.8, 4) is 17.0 Å². The summed E-state index contributed by atoms with van der Waals surface area (Å²) < 4.78 is 44.6. The molecule has 24 heavy (non-hydrogen) atoms. The number of aryl methyl sites for hydroxylation is 3. The van der Waals surface area contributed by atoms with E-state index in [0.29, 0.717) is 11.3 Å². The molecule has 2 aromatic rings.